The van der Waals surface area contributed by atoms with Crippen LogP contribution in [0.4, 0.5) is 0 Å². The van der Waals surface area contributed by atoms with Gasteiger partial charge in [0.05, 0.1) is 45.2 Å². The second kappa shape index (κ2) is 25.0. The Morgan fingerprint density at radius 2 is 0.930 bits per heavy atom. The highest BCUT2D eigenvalue weighted by atomic mass is 16.8. The number of cyclic esters (lactones) is 1. The zero-order valence-electron chi connectivity index (χ0n) is 39.0. The van der Waals surface area contributed by atoms with Crippen molar-refractivity contribution in [1.82, 2.24) is 0 Å². The Morgan fingerprint density at radius 3 is 1.46 bits per heavy atom. The normalized spacial score (nSPS) is 25.6. The third-order valence-electron chi connectivity index (χ3n) is 12.2. The lowest BCUT2D eigenvalue weighted by molar-refractivity contribution is -0.371. The van der Waals surface area contributed by atoms with Crippen LogP contribution in [0.1, 0.15) is 44.6 Å². The van der Waals surface area contributed by atoms with E-state index in [0.29, 0.717) is 0 Å². The van der Waals surface area contributed by atoms with Crippen molar-refractivity contribution in [2.75, 3.05) is 13.2 Å². The molecule has 368 valence electrons. The van der Waals surface area contributed by atoms with Gasteiger partial charge in [-0.3, -0.25) is 9.59 Å². The average molecular weight is 965 g/mol. The highest BCUT2D eigenvalue weighted by Gasteiger charge is 2.56. The molecule has 3 fully saturated rings. The van der Waals surface area contributed by atoms with Crippen LogP contribution in [0.25, 0.3) is 0 Å². The van der Waals surface area contributed by atoms with Gasteiger partial charge in [0.1, 0.15) is 49.7 Å². The van der Waals surface area contributed by atoms with Gasteiger partial charge in [-0.05, 0) is 39.9 Å². The van der Waals surface area contributed by atoms with E-state index in [2.05, 4.69) is 0 Å². The molecule has 14 heteroatoms. The van der Waals surface area contributed by atoms with Gasteiger partial charge in [0.15, 0.2) is 24.8 Å². The van der Waals surface area contributed by atoms with Crippen LogP contribution in [0.3, 0.4) is 0 Å². The molecule has 2 bridgehead atoms. The lowest BCUT2D eigenvalue weighted by atomic mass is 9.95. The van der Waals surface area contributed by atoms with Crippen molar-refractivity contribution >= 4 is 17.9 Å². The summed E-state index contributed by atoms with van der Waals surface area (Å²) in [5.74, 6) is -2.60. The Morgan fingerprint density at radius 1 is 0.465 bits per heavy atom. The third kappa shape index (κ3) is 13.6. The molecule has 0 aliphatic carbocycles. The third-order valence-corrected chi connectivity index (χ3v) is 12.2. The van der Waals surface area contributed by atoms with Crippen molar-refractivity contribution < 1.29 is 66.5 Å². The molecule has 71 heavy (non-hydrogen) atoms. The minimum Gasteiger partial charge on any atom is -0.462 e. The van der Waals surface area contributed by atoms with Crippen molar-refractivity contribution in [1.29, 1.82) is 0 Å². The predicted octanol–water partition coefficient (Wildman–Crippen LogP) is 8.10. The van der Waals surface area contributed by atoms with Gasteiger partial charge in [0, 0.05) is 0 Å². The van der Waals surface area contributed by atoms with Gasteiger partial charge in [0.25, 0.3) is 0 Å². The number of ether oxygens (including phenoxy) is 11. The van der Waals surface area contributed by atoms with E-state index in [9.17, 15) is 14.4 Å². The average Bonchev–Trinajstić information content (AvgIpc) is 3.41. The molecule has 0 saturated carbocycles. The molecule has 0 N–H and O–H groups in total. The van der Waals surface area contributed by atoms with E-state index in [-0.39, 0.29) is 51.8 Å². The van der Waals surface area contributed by atoms with Crippen molar-refractivity contribution in [2.45, 2.75) is 101 Å². The van der Waals surface area contributed by atoms with Crippen LogP contribution in [-0.2, 0) is 94.7 Å². The fourth-order valence-corrected chi connectivity index (χ4v) is 8.64. The van der Waals surface area contributed by atoms with E-state index >= 15 is 0 Å². The van der Waals surface area contributed by atoms with Gasteiger partial charge in [-0.2, -0.15) is 0 Å². The number of rotatable bonds is 18. The molecule has 10 atom stereocenters. The summed E-state index contributed by atoms with van der Waals surface area (Å²) in [6.45, 7) is 0.126. The summed E-state index contributed by atoms with van der Waals surface area (Å²) in [5.41, 5.74) is 4.52. The standard InChI is InChI=1S/C57H56O14/c58-47-31-48(59)69-52-50(45(37-61-32-39-19-7-1-8-20-39)67-56(66-36-43-27-15-5-16-28-43)54(52)70-55(60)44-29-17-6-18-30-44)71-57-53(65-35-42-25-13-4-14-26-42)51(64-34-41-23-11-3-12-24-41)49(46(68-57)38-62-47)63-33-40-21-9-2-10-22-40/h1-30,45-46,49-54,56-57H,31-38H2/t45-,46-,49-,50-,51+,52+,53+,54-,56+,57-/m1/s1. The largest absolute Gasteiger partial charge is 0.462 e. The number of carbonyl (C=O) groups excluding carboxylic acids is 3. The summed E-state index contributed by atoms with van der Waals surface area (Å²) in [4.78, 5) is 41.9. The van der Waals surface area contributed by atoms with Crippen LogP contribution in [0.15, 0.2) is 182 Å². The fraction of sp³-hybridized carbons (Fsp3) is 0.316. The molecular formula is C57H56O14. The predicted molar refractivity (Wildman–Crippen MR) is 256 cm³/mol. The second-order valence-corrected chi connectivity index (χ2v) is 17.3. The number of hydrogen-bond donors (Lipinski definition) is 0. The first-order valence-electron chi connectivity index (χ1n) is 23.7. The van der Waals surface area contributed by atoms with Gasteiger partial charge >= 0.3 is 17.9 Å². The van der Waals surface area contributed by atoms with E-state index in [4.69, 9.17) is 52.1 Å². The number of carbonyl (C=O) groups is 3. The summed E-state index contributed by atoms with van der Waals surface area (Å²) in [7, 11) is 0. The van der Waals surface area contributed by atoms with Crippen molar-refractivity contribution in [3.8, 4) is 0 Å². The van der Waals surface area contributed by atoms with Crippen molar-refractivity contribution in [3.05, 3.63) is 215 Å². The van der Waals surface area contributed by atoms with Crippen LogP contribution in [0, 0.1) is 0 Å². The number of benzene rings is 6. The molecule has 14 nitrogen and oxygen atoms in total. The van der Waals surface area contributed by atoms with Gasteiger partial charge in [-0.15, -0.1) is 0 Å². The number of esters is 3. The lowest BCUT2D eigenvalue weighted by Crippen LogP contribution is -2.67. The van der Waals surface area contributed by atoms with Gasteiger partial charge in [-0.1, -0.05) is 170 Å². The quantitative estimate of drug-likeness (QED) is 0.0463. The fourth-order valence-electron chi connectivity index (χ4n) is 8.64. The summed E-state index contributed by atoms with van der Waals surface area (Å²) in [5, 5.41) is 0. The van der Waals surface area contributed by atoms with E-state index in [1.807, 2.05) is 152 Å². The highest BCUT2D eigenvalue weighted by molar-refractivity contribution is 5.91. The zero-order valence-corrected chi connectivity index (χ0v) is 39.0. The van der Waals surface area contributed by atoms with Crippen molar-refractivity contribution in [3.63, 3.8) is 0 Å². The molecule has 6 aromatic carbocycles. The molecule has 0 unspecified atom stereocenters. The van der Waals surface area contributed by atoms with Crippen LogP contribution in [0.5, 0.6) is 0 Å². The molecule has 3 aliphatic heterocycles. The SMILES string of the molecule is O=C1CC(=O)O[C@@H]2[C@@H](OC(=O)c3ccccc3)[C@@H](OCc3ccccc3)O[C@H](COCc3ccccc3)[C@H]2O[C@H]2O[C@H](CO1)[C@@H](OCc1ccccc1)[C@H](OCc1ccccc1)[C@@H]2OCc1ccccc1. The first-order chi connectivity index (χ1) is 34.9. The van der Waals surface area contributed by atoms with E-state index in [0.717, 1.165) is 27.8 Å². The second-order valence-electron chi connectivity index (χ2n) is 17.3. The van der Waals surface area contributed by atoms with Gasteiger partial charge < -0.3 is 52.1 Å². The minimum atomic E-state index is -1.49. The lowest BCUT2D eigenvalue weighted by Gasteiger charge is -2.50. The number of hydrogen-bond acceptors (Lipinski definition) is 14. The zero-order chi connectivity index (χ0) is 48.6. The molecule has 9 rings (SSSR count). The first-order valence-corrected chi connectivity index (χ1v) is 23.7. The van der Waals surface area contributed by atoms with Crippen LogP contribution in [0.2, 0.25) is 0 Å². The molecule has 0 radical (unpaired) electrons. The smallest absolute Gasteiger partial charge is 0.338 e. The molecular weight excluding hydrogens is 909 g/mol. The molecule has 3 heterocycles. The summed E-state index contributed by atoms with van der Waals surface area (Å²) in [6.07, 6.45) is -12.8. The Kier molecular flexibility index (Phi) is 17.4. The van der Waals surface area contributed by atoms with Crippen LogP contribution in [-0.4, -0.2) is 92.5 Å². The topological polar surface area (TPSA) is 153 Å². The summed E-state index contributed by atoms with van der Waals surface area (Å²) >= 11 is 0. The molecule has 0 spiro atoms. The Balaban J connectivity index is 1.13. The number of fused-ring (bicyclic) bond motifs is 3. The molecule has 3 saturated heterocycles. The maximum Gasteiger partial charge on any atom is 0.338 e. The highest BCUT2D eigenvalue weighted by Crippen LogP contribution is 2.37. The summed E-state index contributed by atoms with van der Waals surface area (Å²) in [6, 6.07) is 56.2. The maximum absolute atomic E-state index is 14.1. The Hall–Kier alpha value is -6.59. The molecule has 3 aliphatic rings. The van der Waals surface area contributed by atoms with Gasteiger partial charge in [0.2, 0.25) is 0 Å². The maximum atomic E-state index is 14.1. The van der Waals surface area contributed by atoms with Gasteiger partial charge in [-0.25, -0.2) is 4.79 Å². The summed E-state index contributed by atoms with van der Waals surface area (Å²) < 4.78 is 72.5. The molecule has 6 aromatic rings. The minimum absolute atomic E-state index is 0.0224. The first kappa shape index (κ1) is 49.4. The van der Waals surface area contributed by atoms with E-state index < -0.39 is 85.7 Å². The molecule has 0 aromatic heterocycles. The molecule has 0 amide bonds. The van der Waals surface area contributed by atoms with Crippen molar-refractivity contribution in [2.24, 2.45) is 0 Å². The van der Waals surface area contributed by atoms with E-state index in [1.54, 1.807) is 30.3 Å². The van der Waals surface area contributed by atoms with Crippen LogP contribution < -0.4 is 0 Å². The Bertz CT molecular complexity index is 2560. The van der Waals surface area contributed by atoms with E-state index in [1.165, 1.54) is 0 Å². The Labute approximate surface area is 412 Å². The monoisotopic (exact) mass is 964 g/mol. The van der Waals surface area contributed by atoms with Crippen LogP contribution >= 0.6 is 0 Å².